The van der Waals surface area contributed by atoms with Crippen molar-refractivity contribution >= 4 is 11.9 Å². The van der Waals surface area contributed by atoms with Crippen molar-refractivity contribution in [3.63, 3.8) is 0 Å². The Balaban J connectivity index is 1.82. The van der Waals surface area contributed by atoms with E-state index in [9.17, 15) is 14.7 Å². The second kappa shape index (κ2) is 7.53. The summed E-state index contributed by atoms with van der Waals surface area (Å²) >= 11 is 0. The molecule has 0 bridgehead atoms. The Kier molecular flexibility index (Phi) is 5.18. The SMILES string of the molecule is COc1ccc(-c2cncc(C(=O)NC3(C(=O)O)CCOCC3)c2)cc1. The number of carbonyl (C=O) groups is 2. The van der Waals surface area contributed by atoms with Gasteiger partial charge in [0.15, 0.2) is 0 Å². The number of nitrogens with one attached hydrogen (secondary N) is 1. The highest BCUT2D eigenvalue weighted by Crippen LogP contribution is 2.24. The van der Waals surface area contributed by atoms with Crippen LogP contribution in [0.1, 0.15) is 23.2 Å². The first-order chi connectivity index (χ1) is 12.5. The first-order valence-corrected chi connectivity index (χ1v) is 8.27. The largest absolute Gasteiger partial charge is 0.497 e. The molecule has 1 aliphatic rings. The fraction of sp³-hybridized carbons (Fsp3) is 0.316. The van der Waals surface area contributed by atoms with E-state index in [2.05, 4.69) is 10.3 Å². The summed E-state index contributed by atoms with van der Waals surface area (Å²) in [5.74, 6) is -0.774. The third-order valence-electron chi connectivity index (χ3n) is 4.53. The molecule has 1 aromatic carbocycles. The van der Waals surface area contributed by atoms with Crippen LogP contribution in [0.3, 0.4) is 0 Å². The van der Waals surface area contributed by atoms with Gasteiger partial charge in [0.2, 0.25) is 0 Å². The predicted octanol–water partition coefficient (Wildman–Crippen LogP) is 2.12. The van der Waals surface area contributed by atoms with Gasteiger partial charge < -0.3 is 19.9 Å². The second-order valence-electron chi connectivity index (χ2n) is 6.14. The molecule has 0 unspecified atom stereocenters. The Morgan fingerprint density at radius 1 is 1.15 bits per heavy atom. The molecule has 1 aliphatic heterocycles. The van der Waals surface area contributed by atoms with Gasteiger partial charge in [0.1, 0.15) is 11.3 Å². The molecule has 7 heteroatoms. The van der Waals surface area contributed by atoms with Crippen molar-refractivity contribution in [2.75, 3.05) is 20.3 Å². The molecule has 7 nitrogen and oxygen atoms in total. The van der Waals surface area contributed by atoms with Gasteiger partial charge in [-0.1, -0.05) is 12.1 Å². The summed E-state index contributed by atoms with van der Waals surface area (Å²) in [5, 5.41) is 12.2. The monoisotopic (exact) mass is 356 g/mol. The van der Waals surface area contributed by atoms with Gasteiger partial charge >= 0.3 is 5.97 Å². The van der Waals surface area contributed by atoms with E-state index >= 15 is 0 Å². The van der Waals surface area contributed by atoms with Crippen LogP contribution in [0.5, 0.6) is 5.75 Å². The zero-order valence-electron chi connectivity index (χ0n) is 14.4. The van der Waals surface area contributed by atoms with E-state index < -0.39 is 17.4 Å². The number of aromatic nitrogens is 1. The van der Waals surface area contributed by atoms with Gasteiger partial charge in [-0.15, -0.1) is 0 Å². The number of hydrogen-bond donors (Lipinski definition) is 2. The van der Waals surface area contributed by atoms with Crippen LogP contribution in [0, 0.1) is 0 Å². The molecule has 26 heavy (non-hydrogen) atoms. The number of benzene rings is 1. The summed E-state index contributed by atoms with van der Waals surface area (Å²) in [7, 11) is 1.59. The van der Waals surface area contributed by atoms with Crippen LogP contribution in [-0.4, -0.2) is 47.8 Å². The number of aliphatic carboxylic acids is 1. The minimum atomic E-state index is -1.30. The lowest BCUT2D eigenvalue weighted by Gasteiger charge is -2.33. The van der Waals surface area contributed by atoms with Crippen LogP contribution >= 0.6 is 0 Å². The summed E-state index contributed by atoms with van der Waals surface area (Å²) in [6, 6.07) is 9.08. The average molecular weight is 356 g/mol. The maximum Gasteiger partial charge on any atom is 0.329 e. The first kappa shape index (κ1) is 17.9. The van der Waals surface area contributed by atoms with Crippen molar-refractivity contribution in [2.45, 2.75) is 18.4 Å². The van der Waals surface area contributed by atoms with Gasteiger partial charge in [0.05, 0.1) is 12.7 Å². The van der Waals surface area contributed by atoms with Crippen molar-refractivity contribution < 1.29 is 24.2 Å². The van der Waals surface area contributed by atoms with E-state index in [-0.39, 0.29) is 12.8 Å². The van der Waals surface area contributed by atoms with Crippen LogP contribution in [0.25, 0.3) is 11.1 Å². The van der Waals surface area contributed by atoms with Crippen LogP contribution in [0.2, 0.25) is 0 Å². The lowest BCUT2D eigenvalue weighted by Crippen LogP contribution is -2.57. The Morgan fingerprint density at radius 3 is 2.46 bits per heavy atom. The van der Waals surface area contributed by atoms with Crippen molar-refractivity contribution in [2.24, 2.45) is 0 Å². The first-order valence-electron chi connectivity index (χ1n) is 8.27. The van der Waals surface area contributed by atoms with Crippen molar-refractivity contribution in [3.8, 4) is 16.9 Å². The van der Waals surface area contributed by atoms with Gasteiger partial charge in [-0.05, 0) is 23.8 Å². The number of pyridine rings is 1. The smallest absolute Gasteiger partial charge is 0.329 e. The van der Waals surface area contributed by atoms with E-state index in [1.54, 1.807) is 19.4 Å². The quantitative estimate of drug-likeness (QED) is 0.852. The van der Waals surface area contributed by atoms with E-state index in [1.165, 1.54) is 6.20 Å². The third-order valence-corrected chi connectivity index (χ3v) is 4.53. The van der Waals surface area contributed by atoms with Crippen molar-refractivity contribution in [1.82, 2.24) is 10.3 Å². The summed E-state index contributed by atoms with van der Waals surface area (Å²) in [6.07, 6.45) is 3.55. The average Bonchev–Trinajstić information content (AvgIpc) is 2.68. The van der Waals surface area contributed by atoms with Gasteiger partial charge in [-0.3, -0.25) is 9.78 Å². The van der Waals surface area contributed by atoms with E-state index in [4.69, 9.17) is 9.47 Å². The number of nitrogens with zero attached hydrogens (tertiary/aromatic N) is 1. The molecule has 0 saturated carbocycles. The Labute approximate surface area is 151 Å². The molecule has 0 radical (unpaired) electrons. The normalized spacial score (nSPS) is 15.9. The van der Waals surface area contributed by atoms with Gasteiger partial charge in [-0.25, -0.2) is 4.79 Å². The molecule has 2 aromatic rings. The maximum absolute atomic E-state index is 12.6. The number of rotatable bonds is 5. The Bertz CT molecular complexity index is 798. The summed E-state index contributed by atoms with van der Waals surface area (Å²) in [5.41, 5.74) is 0.653. The zero-order valence-corrected chi connectivity index (χ0v) is 14.4. The van der Waals surface area contributed by atoms with E-state index in [0.717, 1.165) is 16.9 Å². The predicted molar refractivity (Wildman–Crippen MR) is 94.1 cm³/mol. The highest BCUT2D eigenvalue weighted by atomic mass is 16.5. The minimum Gasteiger partial charge on any atom is -0.497 e. The van der Waals surface area contributed by atoms with Crippen LogP contribution < -0.4 is 10.1 Å². The molecule has 1 saturated heterocycles. The Hall–Kier alpha value is -2.93. The molecule has 2 heterocycles. The van der Waals surface area contributed by atoms with Crippen molar-refractivity contribution in [1.29, 1.82) is 0 Å². The fourth-order valence-corrected chi connectivity index (χ4v) is 2.91. The third kappa shape index (κ3) is 3.67. The number of amides is 1. The fourth-order valence-electron chi connectivity index (χ4n) is 2.91. The molecule has 136 valence electrons. The molecule has 0 aliphatic carbocycles. The van der Waals surface area contributed by atoms with Crippen LogP contribution in [-0.2, 0) is 9.53 Å². The minimum absolute atomic E-state index is 0.236. The number of carboxylic acid groups (broad SMARTS) is 1. The lowest BCUT2D eigenvalue weighted by atomic mass is 9.89. The topological polar surface area (TPSA) is 97.8 Å². The highest BCUT2D eigenvalue weighted by molar-refractivity contribution is 5.98. The zero-order chi connectivity index (χ0) is 18.6. The molecule has 0 spiro atoms. The van der Waals surface area contributed by atoms with Crippen molar-refractivity contribution in [3.05, 3.63) is 48.3 Å². The molecule has 3 rings (SSSR count). The molecule has 1 amide bonds. The van der Waals surface area contributed by atoms with E-state index in [0.29, 0.717) is 18.8 Å². The standard InChI is InChI=1S/C19H20N2O5/c1-25-16-4-2-13(3-5-16)14-10-15(12-20-11-14)17(22)21-19(18(23)24)6-8-26-9-7-19/h2-5,10-12H,6-9H2,1H3,(H,21,22)(H,23,24). The number of ether oxygens (including phenoxy) is 2. The van der Waals surface area contributed by atoms with Gasteiger partial charge in [0.25, 0.3) is 5.91 Å². The molecule has 0 atom stereocenters. The molecular weight excluding hydrogens is 336 g/mol. The summed E-state index contributed by atoms with van der Waals surface area (Å²) in [6.45, 7) is 0.605. The number of methoxy groups -OCH3 is 1. The maximum atomic E-state index is 12.6. The lowest BCUT2D eigenvalue weighted by molar-refractivity contribution is -0.148. The van der Waals surface area contributed by atoms with Gasteiger partial charge in [-0.2, -0.15) is 0 Å². The summed E-state index contributed by atoms with van der Waals surface area (Å²) in [4.78, 5) is 28.4. The number of hydrogen-bond acceptors (Lipinski definition) is 5. The van der Waals surface area contributed by atoms with Crippen LogP contribution in [0.4, 0.5) is 0 Å². The molecular formula is C19H20N2O5. The second-order valence-corrected chi connectivity index (χ2v) is 6.14. The molecule has 2 N–H and O–H groups in total. The highest BCUT2D eigenvalue weighted by Gasteiger charge is 2.41. The van der Waals surface area contributed by atoms with E-state index in [1.807, 2.05) is 24.3 Å². The molecule has 1 aromatic heterocycles. The molecule has 1 fully saturated rings. The number of carboxylic acids is 1. The Morgan fingerprint density at radius 2 is 1.85 bits per heavy atom. The van der Waals surface area contributed by atoms with Crippen LogP contribution in [0.15, 0.2) is 42.7 Å². The van der Waals surface area contributed by atoms with Gasteiger partial charge in [0, 0.05) is 44.0 Å². The summed E-state index contributed by atoms with van der Waals surface area (Å²) < 4.78 is 10.4. The number of carbonyl (C=O) groups excluding carboxylic acids is 1.